The summed E-state index contributed by atoms with van der Waals surface area (Å²) in [6.07, 6.45) is 9.30. The van der Waals surface area contributed by atoms with Gasteiger partial charge in [0.25, 0.3) is 5.91 Å². The number of benzene rings is 1. The average molecular weight is 666 g/mol. The third kappa shape index (κ3) is 8.37. The Morgan fingerprint density at radius 3 is 2.57 bits per heavy atom. The largest absolute Gasteiger partial charge is 0.481 e. The van der Waals surface area contributed by atoms with Crippen LogP contribution in [-0.4, -0.2) is 65.5 Å². The number of hydrogen-bond acceptors (Lipinski definition) is 9. The second-order valence-corrected chi connectivity index (χ2v) is 14.3. The van der Waals surface area contributed by atoms with Gasteiger partial charge in [0.15, 0.2) is 0 Å². The maximum Gasteiger partial charge on any atom is 0.338 e. The molecule has 0 atom stereocenters. The van der Waals surface area contributed by atoms with Gasteiger partial charge in [0, 0.05) is 42.9 Å². The van der Waals surface area contributed by atoms with Crippen LogP contribution in [0.4, 0.5) is 5.82 Å². The zero-order valence-corrected chi connectivity index (χ0v) is 27.9. The second kappa shape index (κ2) is 15.1. The number of nitrogens with one attached hydrogen (secondary N) is 1. The molecule has 0 spiro atoms. The van der Waals surface area contributed by atoms with E-state index in [1.54, 1.807) is 18.3 Å². The number of anilines is 1. The number of carboxylic acids is 1. The first-order valence-electron chi connectivity index (χ1n) is 16.3. The Hall–Kier alpha value is -4.26. The fraction of sp³-hybridized carbons (Fsp3) is 0.500. The number of methoxy groups -OCH3 is 1. The number of carbonyl (C=O) groups is 3. The average Bonchev–Trinajstić information content (AvgIpc) is 3.42. The number of sulfonamides is 1. The van der Waals surface area contributed by atoms with Crippen LogP contribution in [0.5, 0.6) is 0 Å². The van der Waals surface area contributed by atoms with Gasteiger partial charge in [0.1, 0.15) is 11.5 Å². The van der Waals surface area contributed by atoms with Gasteiger partial charge in [-0.2, -0.15) is 5.10 Å². The number of hydrogen-bond donors (Lipinski definition) is 2. The van der Waals surface area contributed by atoms with Gasteiger partial charge in [-0.05, 0) is 74.3 Å². The van der Waals surface area contributed by atoms with E-state index in [0.717, 1.165) is 36.2 Å². The number of esters is 1. The Balaban J connectivity index is 1.44. The van der Waals surface area contributed by atoms with Crippen molar-refractivity contribution in [2.75, 3.05) is 24.3 Å². The molecule has 3 aromatic rings. The van der Waals surface area contributed by atoms with E-state index in [9.17, 15) is 22.8 Å². The summed E-state index contributed by atoms with van der Waals surface area (Å²) in [6.45, 7) is 3.68. The van der Waals surface area contributed by atoms with Crippen molar-refractivity contribution in [2.24, 2.45) is 5.92 Å². The van der Waals surface area contributed by atoms with Gasteiger partial charge in [0.2, 0.25) is 10.0 Å². The molecule has 13 heteroatoms. The first kappa shape index (κ1) is 34.1. The van der Waals surface area contributed by atoms with Crippen molar-refractivity contribution in [1.82, 2.24) is 19.5 Å². The Kier molecular flexibility index (Phi) is 10.9. The number of pyridine rings is 1. The quantitative estimate of drug-likeness (QED) is 0.190. The third-order valence-electron chi connectivity index (χ3n) is 9.20. The SMILES string of the molecule is COC(=O)c1cccc2c1CN(c1ccc(-c3cnn(CC4CCCCC4)c3C)c(C(=O)NS(=O)(=O)CCCCCC(=O)O)n1)CC2. The van der Waals surface area contributed by atoms with Gasteiger partial charge < -0.3 is 14.7 Å². The van der Waals surface area contributed by atoms with Crippen molar-refractivity contribution >= 4 is 33.7 Å². The van der Waals surface area contributed by atoms with E-state index < -0.39 is 27.9 Å². The van der Waals surface area contributed by atoms with Gasteiger partial charge >= 0.3 is 11.9 Å². The number of fused-ring (bicyclic) bond motifs is 1. The normalized spacial score (nSPS) is 15.2. The lowest BCUT2D eigenvalue weighted by atomic mass is 9.89. The molecule has 3 heterocycles. The van der Waals surface area contributed by atoms with Crippen LogP contribution in [0.3, 0.4) is 0 Å². The maximum absolute atomic E-state index is 13.7. The maximum atomic E-state index is 13.7. The fourth-order valence-electron chi connectivity index (χ4n) is 6.59. The van der Waals surface area contributed by atoms with Crippen LogP contribution in [0.2, 0.25) is 0 Å². The minimum atomic E-state index is -4.02. The van der Waals surface area contributed by atoms with E-state index in [-0.39, 0.29) is 24.3 Å². The summed E-state index contributed by atoms with van der Waals surface area (Å²) in [7, 11) is -2.68. The predicted molar refractivity (Wildman–Crippen MR) is 177 cm³/mol. The number of carbonyl (C=O) groups excluding carboxylic acids is 2. The molecule has 1 amide bonds. The van der Waals surface area contributed by atoms with Crippen LogP contribution in [0.25, 0.3) is 11.1 Å². The summed E-state index contributed by atoms with van der Waals surface area (Å²) in [5, 5.41) is 13.5. The molecule has 252 valence electrons. The number of amides is 1. The minimum Gasteiger partial charge on any atom is -0.481 e. The van der Waals surface area contributed by atoms with Crippen LogP contribution in [0, 0.1) is 12.8 Å². The highest BCUT2D eigenvalue weighted by Crippen LogP contribution is 2.32. The first-order chi connectivity index (χ1) is 22.6. The number of ether oxygens (including phenoxy) is 1. The molecular weight excluding hydrogens is 622 g/mol. The van der Waals surface area contributed by atoms with Crippen LogP contribution in [0.15, 0.2) is 36.5 Å². The summed E-state index contributed by atoms with van der Waals surface area (Å²) >= 11 is 0. The smallest absolute Gasteiger partial charge is 0.338 e. The van der Waals surface area contributed by atoms with Crippen molar-refractivity contribution in [3.8, 4) is 11.1 Å². The Morgan fingerprint density at radius 1 is 1.04 bits per heavy atom. The summed E-state index contributed by atoms with van der Waals surface area (Å²) < 4.78 is 35.1. The number of nitrogens with zero attached hydrogens (tertiary/aromatic N) is 4. The summed E-state index contributed by atoms with van der Waals surface area (Å²) in [5.74, 6) is -1.51. The number of rotatable bonds is 13. The van der Waals surface area contributed by atoms with Crippen molar-refractivity contribution < 1.29 is 32.6 Å². The third-order valence-corrected chi connectivity index (χ3v) is 10.5. The molecule has 0 radical (unpaired) electrons. The standard InChI is InChI=1S/C34H43N5O7S/c1-23-28(20-35-39(23)21-24-10-5-3-6-11-24)26-15-16-30(38-18-17-25-12-9-13-27(29(25)22-38)34(43)46-2)36-32(26)33(42)37-47(44,45)19-8-4-7-14-31(40)41/h9,12-13,15-16,20,24H,3-8,10-11,14,17-19,21-22H2,1-2H3,(H,37,42)(H,40,41). The monoisotopic (exact) mass is 665 g/mol. The highest BCUT2D eigenvalue weighted by molar-refractivity contribution is 7.90. The molecule has 1 aromatic carbocycles. The van der Waals surface area contributed by atoms with Gasteiger partial charge in [-0.3, -0.25) is 14.3 Å². The van der Waals surface area contributed by atoms with E-state index in [2.05, 4.69) is 9.82 Å². The lowest BCUT2D eigenvalue weighted by Gasteiger charge is -2.31. The Bertz CT molecular complexity index is 1730. The molecule has 0 saturated heterocycles. The lowest BCUT2D eigenvalue weighted by molar-refractivity contribution is -0.137. The highest BCUT2D eigenvalue weighted by Gasteiger charge is 2.27. The number of aromatic nitrogens is 3. The van der Waals surface area contributed by atoms with Crippen LogP contribution >= 0.6 is 0 Å². The lowest BCUT2D eigenvalue weighted by Crippen LogP contribution is -2.35. The molecule has 1 fully saturated rings. The topological polar surface area (TPSA) is 161 Å². The molecule has 2 N–H and O–H groups in total. The molecular formula is C34H43N5O7S. The number of aliphatic carboxylic acids is 1. The molecule has 0 unspecified atom stereocenters. The van der Waals surface area contributed by atoms with Gasteiger partial charge in [-0.25, -0.2) is 22.9 Å². The Labute approximate surface area is 275 Å². The van der Waals surface area contributed by atoms with Gasteiger partial charge in [-0.15, -0.1) is 0 Å². The van der Waals surface area contributed by atoms with Gasteiger partial charge in [0.05, 0.1) is 24.6 Å². The molecule has 0 bridgehead atoms. The Morgan fingerprint density at radius 2 is 1.83 bits per heavy atom. The predicted octanol–water partition coefficient (Wildman–Crippen LogP) is 4.89. The highest BCUT2D eigenvalue weighted by atomic mass is 32.2. The van der Waals surface area contributed by atoms with Crippen LogP contribution in [0.1, 0.15) is 95.5 Å². The molecule has 1 aliphatic carbocycles. The zero-order valence-electron chi connectivity index (χ0n) is 27.0. The van der Waals surface area contributed by atoms with E-state index in [0.29, 0.717) is 60.8 Å². The molecule has 2 aromatic heterocycles. The molecule has 2 aliphatic rings. The molecule has 1 aliphatic heterocycles. The van der Waals surface area contributed by atoms with Crippen molar-refractivity contribution in [2.45, 2.75) is 84.2 Å². The van der Waals surface area contributed by atoms with E-state index in [4.69, 9.17) is 14.8 Å². The molecule has 5 rings (SSSR count). The number of unbranched alkanes of at least 4 members (excludes halogenated alkanes) is 2. The van der Waals surface area contributed by atoms with E-state index in [1.807, 2.05) is 34.7 Å². The molecule has 12 nitrogen and oxygen atoms in total. The summed E-state index contributed by atoms with van der Waals surface area (Å²) in [5.41, 5.74) is 4.34. The molecule has 1 saturated carbocycles. The second-order valence-electron chi connectivity index (χ2n) is 12.5. The van der Waals surface area contributed by atoms with Gasteiger partial charge in [-0.1, -0.05) is 37.8 Å². The fourth-order valence-corrected chi connectivity index (χ4v) is 7.65. The summed E-state index contributed by atoms with van der Waals surface area (Å²) in [4.78, 5) is 43.8. The van der Waals surface area contributed by atoms with Crippen LogP contribution < -0.4 is 9.62 Å². The van der Waals surface area contributed by atoms with Crippen molar-refractivity contribution in [1.29, 1.82) is 0 Å². The molecule has 47 heavy (non-hydrogen) atoms. The number of carboxylic acid groups (broad SMARTS) is 1. The first-order valence-corrected chi connectivity index (χ1v) is 18.0. The van der Waals surface area contributed by atoms with E-state index in [1.165, 1.54) is 26.4 Å². The van der Waals surface area contributed by atoms with E-state index >= 15 is 0 Å². The summed E-state index contributed by atoms with van der Waals surface area (Å²) in [6, 6.07) is 9.14. The minimum absolute atomic E-state index is 0.0377. The van der Waals surface area contributed by atoms with Crippen LogP contribution in [-0.2, 0) is 39.1 Å². The van der Waals surface area contributed by atoms with Crippen molar-refractivity contribution in [3.63, 3.8) is 0 Å². The van der Waals surface area contributed by atoms with Crippen molar-refractivity contribution in [3.05, 3.63) is 64.6 Å². The zero-order chi connectivity index (χ0) is 33.6.